The lowest BCUT2D eigenvalue weighted by Gasteiger charge is -2.04. The molecule has 0 N–H and O–H groups in total. The second kappa shape index (κ2) is 8.39. The number of rotatable bonds is 5. The molecule has 24 heavy (non-hydrogen) atoms. The number of hydrogen-bond acceptors (Lipinski definition) is 2. The largest absolute Gasteiger partial charge is 0.159 e. The molecule has 116 valence electrons. The summed E-state index contributed by atoms with van der Waals surface area (Å²) >= 11 is 0. The van der Waals surface area contributed by atoms with Crippen LogP contribution in [0.4, 0.5) is 0 Å². The van der Waals surface area contributed by atoms with E-state index in [1.54, 1.807) is 6.21 Å². The van der Waals surface area contributed by atoms with Gasteiger partial charge in [0, 0.05) is 17.3 Å². The predicted octanol–water partition coefficient (Wildman–Crippen LogP) is 5.22. The first kappa shape index (κ1) is 15.6. The van der Waals surface area contributed by atoms with Gasteiger partial charge in [0.25, 0.3) is 0 Å². The minimum atomic E-state index is 0.862. The summed E-state index contributed by atoms with van der Waals surface area (Å²) < 4.78 is 0. The van der Waals surface area contributed by atoms with Gasteiger partial charge in [-0.2, -0.15) is 5.10 Å². The minimum Gasteiger partial charge on any atom is -0.159 e. The molecule has 0 aromatic heterocycles. The van der Waals surface area contributed by atoms with Crippen molar-refractivity contribution >= 4 is 18.0 Å². The van der Waals surface area contributed by atoms with E-state index in [1.807, 2.05) is 103 Å². The summed E-state index contributed by atoms with van der Waals surface area (Å²) in [5.74, 6) is 0. The molecule has 0 saturated carbocycles. The van der Waals surface area contributed by atoms with Crippen molar-refractivity contribution < 1.29 is 0 Å². The molecule has 0 atom stereocenters. The van der Waals surface area contributed by atoms with Gasteiger partial charge in [-0.3, -0.25) is 0 Å². The van der Waals surface area contributed by atoms with Gasteiger partial charge >= 0.3 is 0 Å². The van der Waals surface area contributed by atoms with E-state index in [0.717, 1.165) is 22.4 Å². The van der Waals surface area contributed by atoms with Gasteiger partial charge in [0.15, 0.2) is 0 Å². The Morgan fingerprint density at radius 3 is 1.67 bits per heavy atom. The molecular formula is C22H18N2. The quantitative estimate of drug-likeness (QED) is 0.456. The SMILES string of the molecule is C(=Cc1ccccc1)C=NN=C(c1ccccc1)c1ccccc1. The van der Waals surface area contributed by atoms with E-state index in [2.05, 4.69) is 10.2 Å². The molecule has 0 fully saturated rings. The van der Waals surface area contributed by atoms with Crippen LogP contribution in [0, 0.1) is 0 Å². The van der Waals surface area contributed by atoms with Crippen molar-refractivity contribution in [1.29, 1.82) is 0 Å². The summed E-state index contributed by atoms with van der Waals surface area (Å²) in [5.41, 5.74) is 4.10. The van der Waals surface area contributed by atoms with E-state index in [1.165, 1.54) is 0 Å². The summed E-state index contributed by atoms with van der Waals surface area (Å²) in [6.45, 7) is 0. The van der Waals surface area contributed by atoms with Crippen LogP contribution >= 0.6 is 0 Å². The van der Waals surface area contributed by atoms with Crippen molar-refractivity contribution in [2.75, 3.05) is 0 Å². The smallest absolute Gasteiger partial charge is 0.100 e. The minimum absolute atomic E-state index is 0.862. The molecule has 0 aliphatic rings. The van der Waals surface area contributed by atoms with Crippen LogP contribution in [-0.2, 0) is 0 Å². The lowest BCUT2D eigenvalue weighted by atomic mass is 10.0. The van der Waals surface area contributed by atoms with Gasteiger partial charge < -0.3 is 0 Å². The average Bonchev–Trinajstić information content (AvgIpc) is 2.67. The van der Waals surface area contributed by atoms with Crippen molar-refractivity contribution in [3.8, 4) is 0 Å². The standard InChI is InChI=1S/C22H18N2/c1-4-11-19(12-5-1)13-10-18-23-24-22(20-14-6-2-7-15-20)21-16-8-3-9-17-21/h1-18H. The number of benzene rings is 3. The van der Waals surface area contributed by atoms with Crippen molar-refractivity contribution in [2.45, 2.75) is 0 Å². The Kier molecular flexibility index (Phi) is 5.47. The monoisotopic (exact) mass is 310 g/mol. The van der Waals surface area contributed by atoms with E-state index in [9.17, 15) is 0 Å². The van der Waals surface area contributed by atoms with Crippen LogP contribution < -0.4 is 0 Å². The molecule has 0 aliphatic carbocycles. The zero-order chi connectivity index (χ0) is 16.5. The molecule has 0 saturated heterocycles. The van der Waals surface area contributed by atoms with Crippen molar-refractivity contribution in [3.05, 3.63) is 114 Å². The highest BCUT2D eigenvalue weighted by Gasteiger charge is 2.05. The Morgan fingerprint density at radius 1 is 0.625 bits per heavy atom. The molecule has 3 aromatic carbocycles. The first-order valence-electron chi connectivity index (χ1n) is 7.87. The lowest BCUT2D eigenvalue weighted by molar-refractivity contribution is 1.25. The lowest BCUT2D eigenvalue weighted by Crippen LogP contribution is -2.02. The van der Waals surface area contributed by atoms with E-state index >= 15 is 0 Å². The molecular weight excluding hydrogens is 292 g/mol. The van der Waals surface area contributed by atoms with Gasteiger partial charge in [0.05, 0.1) is 0 Å². The summed E-state index contributed by atoms with van der Waals surface area (Å²) in [5, 5.41) is 8.65. The van der Waals surface area contributed by atoms with Crippen molar-refractivity contribution in [3.63, 3.8) is 0 Å². The fourth-order valence-corrected chi connectivity index (χ4v) is 2.32. The van der Waals surface area contributed by atoms with Crippen LogP contribution in [0.1, 0.15) is 16.7 Å². The summed E-state index contributed by atoms with van der Waals surface area (Å²) in [6.07, 6.45) is 5.61. The first-order chi connectivity index (χ1) is 11.9. The van der Waals surface area contributed by atoms with Crippen LogP contribution in [0.2, 0.25) is 0 Å². The van der Waals surface area contributed by atoms with Crippen molar-refractivity contribution in [1.82, 2.24) is 0 Å². The maximum absolute atomic E-state index is 4.43. The van der Waals surface area contributed by atoms with E-state index in [4.69, 9.17) is 0 Å². The van der Waals surface area contributed by atoms with Crippen LogP contribution in [0.5, 0.6) is 0 Å². The Balaban J connectivity index is 1.82. The fourth-order valence-electron chi connectivity index (χ4n) is 2.32. The van der Waals surface area contributed by atoms with Gasteiger partial charge in [-0.1, -0.05) is 97.1 Å². The summed E-state index contributed by atoms with van der Waals surface area (Å²) in [6, 6.07) is 30.3. The molecule has 0 amide bonds. The molecule has 0 radical (unpaired) electrons. The molecule has 0 bridgehead atoms. The Bertz CT molecular complexity index is 791. The van der Waals surface area contributed by atoms with Gasteiger partial charge in [0.1, 0.15) is 5.71 Å². The Hall–Kier alpha value is -3.26. The molecule has 0 spiro atoms. The molecule has 2 nitrogen and oxygen atoms in total. The Labute approximate surface area is 142 Å². The maximum atomic E-state index is 4.43. The van der Waals surface area contributed by atoms with E-state index in [0.29, 0.717) is 0 Å². The van der Waals surface area contributed by atoms with Crippen LogP contribution in [-0.4, -0.2) is 11.9 Å². The molecule has 0 aliphatic heterocycles. The average molecular weight is 310 g/mol. The van der Waals surface area contributed by atoms with Crippen LogP contribution in [0.3, 0.4) is 0 Å². The molecule has 0 heterocycles. The fraction of sp³-hybridized carbons (Fsp3) is 0. The Morgan fingerprint density at radius 2 is 1.12 bits per heavy atom. The van der Waals surface area contributed by atoms with E-state index in [-0.39, 0.29) is 0 Å². The number of nitrogens with zero attached hydrogens (tertiary/aromatic N) is 2. The zero-order valence-electron chi connectivity index (χ0n) is 13.3. The molecule has 0 unspecified atom stereocenters. The van der Waals surface area contributed by atoms with Gasteiger partial charge in [-0.05, 0) is 11.6 Å². The van der Waals surface area contributed by atoms with Crippen LogP contribution in [0.15, 0.2) is 107 Å². The predicted molar refractivity (Wildman–Crippen MR) is 102 cm³/mol. The highest BCUT2D eigenvalue weighted by molar-refractivity contribution is 6.12. The molecule has 2 heteroatoms. The number of hydrogen-bond donors (Lipinski definition) is 0. The van der Waals surface area contributed by atoms with Gasteiger partial charge in [-0.15, -0.1) is 5.10 Å². The second-order valence-corrected chi connectivity index (χ2v) is 5.21. The second-order valence-electron chi connectivity index (χ2n) is 5.21. The van der Waals surface area contributed by atoms with Crippen molar-refractivity contribution in [2.24, 2.45) is 10.2 Å². The first-order valence-corrected chi connectivity index (χ1v) is 7.87. The topological polar surface area (TPSA) is 24.7 Å². The third-order valence-electron chi connectivity index (χ3n) is 3.49. The molecule has 3 aromatic rings. The van der Waals surface area contributed by atoms with E-state index < -0.39 is 0 Å². The normalized spacial score (nSPS) is 11.0. The zero-order valence-corrected chi connectivity index (χ0v) is 13.3. The van der Waals surface area contributed by atoms with Gasteiger partial charge in [0.2, 0.25) is 0 Å². The third-order valence-corrected chi connectivity index (χ3v) is 3.49. The summed E-state index contributed by atoms with van der Waals surface area (Å²) in [7, 11) is 0. The highest BCUT2D eigenvalue weighted by atomic mass is 15.2. The molecule has 3 rings (SSSR count). The van der Waals surface area contributed by atoms with Crippen LogP contribution in [0.25, 0.3) is 6.08 Å². The maximum Gasteiger partial charge on any atom is 0.100 e. The highest BCUT2D eigenvalue weighted by Crippen LogP contribution is 2.11. The third kappa shape index (κ3) is 4.37. The van der Waals surface area contributed by atoms with Gasteiger partial charge in [-0.25, -0.2) is 0 Å². The summed E-state index contributed by atoms with van der Waals surface area (Å²) in [4.78, 5) is 0. The number of allylic oxidation sites excluding steroid dienone is 1.